The van der Waals surface area contributed by atoms with Gasteiger partial charge in [-0.15, -0.1) is 0 Å². The van der Waals surface area contributed by atoms with Gasteiger partial charge in [-0.3, -0.25) is 4.79 Å². The summed E-state index contributed by atoms with van der Waals surface area (Å²) in [6.45, 7) is 0.306. The molecule has 1 aliphatic carbocycles. The Kier molecular flexibility index (Phi) is 3.45. The van der Waals surface area contributed by atoms with Gasteiger partial charge in [0.2, 0.25) is 5.91 Å². The Morgan fingerprint density at radius 3 is 3.18 bits per heavy atom. The molecule has 0 aliphatic heterocycles. The number of carbonyl (C=O) groups is 1. The van der Waals surface area contributed by atoms with Gasteiger partial charge in [0.15, 0.2) is 0 Å². The second-order valence-electron chi connectivity index (χ2n) is 4.34. The van der Waals surface area contributed by atoms with Crippen LogP contribution >= 0.6 is 0 Å². The van der Waals surface area contributed by atoms with Crippen LogP contribution in [0.4, 0.5) is 0 Å². The molecule has 0 spiro atoms. The number of nitrogens with one attached hydrogen (secondary N) is 1. The van der Waals surface area contributed by atoms with Crippen molar-refractivity contribution in [2.75, 3.05) is 6.54 Å². The number of aryl methyl sites for hydroxylation is 1. The van der Waals surface area contributed by atoms with Crippen LogP contribution in [0, 0.1) is 11.3 Å². The number of amides is 1. The van der Waals surface area contributed by atoms with Crippen molar-refractivity contribution >= 4 is 5.91 Å². The van der Waals surface area contributed by atoms with Crippen LogP contribution in [0.15, 0.2) is 12.4 Å². The topological polar surface area (TPSA) is 83.8 Å². The average molecular weight is 232 g/mol. The zero-order valence-electron chi connectivity index (χ0n) is 9.65. The van der Waals surface area contributed by atoms with Crippen LogP contribution in [0.5, 0.6) is 0 Å². The molecule has 0 saturated carbocycles. The summed E-state index contributed by atoms with van der Waals surface area (Å²) in [4.78, 5) is 11.5. The highest BCUT2D eigenvalue weighted by atomic mass is 16.1. The van der Waals surface area contributed by atoms with E-state index in [4.69, 9.17) is 11.0 Å². The smallest absolute Gasteiger partial charge is 0.240 e. The minimum absolute atomic E-state index is 0.0549. The van der Waals surface area contributed by atoms with E-state index in [1.165, 1.54) is 5.56 Å². The number of rotatable bonds is 3. The third kappa shape index (κ3) is 2.66. The molecular weight excluding hydrogens is 216 g/mol. The van der Waals surface area contributed by atoms with E-state index >= 15 is 0 Å². The molecule has 1 aromatic rings. The van der Waals surface area contributed by atoms with Crippen molar-refractivity contribution in [3.05, 3.63) is 23.5 Å². The van der Waals surface area contributed by atoms with Crippen LogP contribution in [0.2, 0.25) is 0 Å². The number of hydrogen-bond donors (Lipinski definition) is 2. The predicted molar refractivity (Wildman–Crippen MR) is 62.9 cm³/mol. The monoisotopic (exact) mass is 232 g/mol. The molecule has 1 aromatic heterocycles. The van der Waals surface area contributed by atoms with E-state index < -0.39 is 0 Å². The number of aromatic nitrogens is 1. The summed E-state index contributed by atoms with van der Waals surface area (Å²) in [5.41, 5.74) is 8.42. The Labute approximate surface area is 100 Å². The number of hydrogen-bond acceptors (Lipinski definition) is 3. The van der Waals surface area contributed by atoms with Gasteiger partial charge < -0.3 is 15.6 Å². The van der Waals surface area contributed by atoms with Crippen LogP contribution in [0.1, 0.15) is 30.0 Å². The molecule has 1 unspecified atom stereocenters. The van der Waals surface area contributed by atoms with Crippen LogP contribution in [-0.2, 0) is 17.8 Å². The zero-order chi connectivity index (χ0) is 12.3. The summed E-state index contributed by atoms with van der Waals surface area (Å²) in [6, 6.07) is 1.98. The van der Waals surface area contributed by atoms with Gasteiger partial charge in [0.25, 0.3) is 0 Å². The molecule has 0 fully saturated rings. The van der Waals surface area contributed by atoms with E-state index in [9.17, 15) is 4.79 Å². The lowest BCUT2D eigenvalue weighted by atomic mass is 9.92. The molecule has 1 aliphatic rings. The summed E-state index contributed by atoms with van der Waals surface area (Å²) in [6.07, 6.45) is 7.09. The molecule has 0 saturated heterocycles. The molecule has 2 rings (SSSR count). The van der Waals surface area contributed by atoms with Crippen molar-refractivity contribution in [1.29, 1.82) is 5.26 Å². The molecule has 0 radical (unpaired) electrons. The van der Waals surface area contributed by atoms with Gasteiger partial charge >= 0.3 is 0 Å². The number of nitrogens with two attached hydrogens (primary N) is 1. The molecule has 1 heterocycles. The first-order valence-electron chi connectivity index (χ1n) is 5.78. The standard InChI is InChI=1S/C12H16N4O/c13-4-5-15-12(17)8-16-6-9-2-1-3-11(14)10(9)7-16/h6-7,11H,1-3,5,8,14H2,(H,15,17). The lowest BCUT2D eigenvalue weighted by Gasteiger charge is -2.17. The van der Waals surface area contributed by atoms with Crippen molar-refractivity contribution in [3.8, 4) is 6.07 Å². The third-order valence-corrected chi connectivity index (χ3v) is 3.05. The first-order valence-corrected chi connectivity index (χ1v) is 5.78. The largest absolute Gasteiger partial charge is 0.344 e. The van der Waals surface area contributed by atoms with Crippen molar-refractivity contribution in [2.24, 2.45) is 5.73 Å². The first kappa shape index (κ1) is 11.7. The molecule has 1 amide bonds. The van der Waals surface area contributed by atoms with E-state index in [1.54, 1.807) is 0 Å². The highest BCUT2D eigenvalue weighted by Gasteiger charge is 2.19. The van der Waals surface area contributed by atoms with E-state index in [0.717, 1.165) is 24.8 Å². The number of carbonyl (C=O) groups excluding carboxylic acids is 1. The Hall–Kier alpha value is -1.80. The Bertz CT molecular complexity index is 458. The highest BCUT2D eigenvalue weighted by Crippen LogP contribution is 2.28. The van der Waals surface area contributed by atoms with Gasteiger partial charge in [0.1, 0.15) is 13.1 Å². The second-order valence-corrected chi connectivity index (χ2v) is 4.34. The molecule has 0 bridgehead atoms. The third-order valence-electron chi connectivity index (χ3n) is 3.05. The fourth-order valence-corrected chi connectivity index (χ4v) is 2.24. The van der Waals surface area contributed by atoms with Crippen molar-refractivity contribution < 1.29 is 4.79 Å². The van der Waals surface area contributed by atoms with Crippen LogP contribution < -0.4 is 11.1 Å². The quantitative estimate of drug-likeness (QED) is 0.743. The number of fused-ring (bicyclic) bond motifs is 1. The van der Waals surface area contributed by atoms with E-state index in [-0.39, 0.29) is 25.0 Å². The van der Waals surface area contributed by atoms with Gasteiger partial charge in [-0.1, -0.05) is 0 Å². The van der Waals surface area contributed by atoms with Crippen LogP contribution in [0.3, 0.4) is 0 Å². The SMILES string of the molecule is N#CCNC(=O)Cn1cc2c(c1)C(N)CCC2. The molecule has 0 aromatic carbocycles. The molecule has 5 nitrogen and oxygen atoms in total. The van der Waals surface area contributed by atoms with Crippen molar-refractivity contribution in [2.45, 2.75) is 31.8 Å². The Morgan fingerprint density at radius 1 is 1.65 bits per heavy atom. The maximum Gasteiger partial charge on any atom is 0.240 e. The van der Waals surface area contributed by atoms with Crippen LogP contribution in [0.25, 0.3) is 0 Å². The van der Waals surface area contributed by atoms with Crippen molar-refractivity contribution in [1.82, 2.24) is 9.88 Å². The Balaban J connectivity index is 2.03. The summed E-state index contributed by atoms with van der Waals surface area (Å²) in [7, 11) is 0. The fraction of sp³-hybridized carbons (Fsp3) is 0.500. The first-order chi connectivity index (χ1) is 8.20. The normalized spacial score (nSPS) is 18.2. The van der Waals surface area contributed by atoms with Gasteiger partial charge in [-0.05, 0) is 30.4 Å². The molecule has 90 valence electrons. The molecule has 3 N–H and O–H groups in total. The minimum atomic E-state index is -0.146. The lowest BCUT2D eigenvalue weighted by Crippen LogP contribution is -2.27. The van der Waals surface area contributed by atoms with E-state index in [1.807, 2.05) is 23.0 Å². The highest BCUT2D eigenvalue weighted by molar-refractivity contribution is 5.76. The maximum absolute atomic E-state index is 11.5. The average Bonchev–Trinajstić information content (AvgIpc) is 2.70. The lowest BCUT2D eigenvalue weighted by molar-refractivity contribution is -0.121. The van der Waals surface area contributed by atoms with E-state index in [2.05, 4.69) is 5.32 Å². The summed E-state index contributed by atoms with van der Waals surface area (Å²) < 4.78 is 1.85. The van der Waals surface area contributed by atoms with Crippen LogP contribution in [-0.4, -0.2) is 17.0 Å². The predicted octanol–water partition coefficient (Wildman–Crippen LogP) is 0.464. The van der Waals surface area contributed by atoms with Gasteiger partial charge in [-0.2, -0.15) is 5.26 Å². The summed E-state index contributed by atoms with van der Waals surface area (Å²) in [5.74, 6) is -0.146. The van der Waals surface area contributed by atoms with Gasteiger partial charge in [0.05, 0.1) is 6.07 Å². The molecule has 1 atom stereocenters. The maximum atomic E-state index is 11.5. The molecule has 17 heavy (non-hydrogen) atoms. The Morgan fingerprint density at radius 2 is 2.47 bits per heavy atom. The number of nitriles is 1. The fourth-order valence-electron chi connectivity index (χ4n) is 2.24. The minimum Gasteiger partial charge on any atom is -0.344 e. The van der Waals surface area contributed by atoms with E-state index in [0.29, 0.717) is 0 Å². The summed E-state index contributed by atoms with van der Waals surface area (Å²) in [5, 5.41) is 10.9. The van der Waals surface area contributed by atoms with Gasteiger partial charge in [-0.25, -0.2) is 0 Å². The second kappa shape index (κ2) is 5.02. The van der Waals surface area contributed by atoms with Crippen molar-refractivity contribution in [3.63, 3.8) is 0 Å². The van der Waals surface area contributed by atoms with Gasteiger partial charge in [0, 0.05) is 18.4 Å². The zero-order valence-corrected chi connectivity index (χ0v) is 9.65. The number of nitrogens with zero attached hydrogens (tertiary/aromatic N) is 2. The molecular formula is C12H16N4O. The molecule has 5 heteroatoms. The summed E-state index contributed by atoms with van der Waals surface area (Å²) >= 11 is 0.